The van der Waals surface area contributed by atoms with E-state index in [1.165, 1.54) is 44.2 Å². The zero-order valence-electron chi connectivity index (χ0n) is 14.7. The Morgan fingerprint density at radius 2 is 1.67 bits per heavy atom. The number of rotatable bonds is 6. The molecule has 2 aliphatic rings. The van der Waals surface area contributed by atoms with Crippen molar-refractivity contribution in [3.8, 4) is 0 Å². The summed E-state index contributed by atoms with van der Waals surface area (Å²) in [7, 11) is -2.22. The second-order valence-corrected chi connectivity index (χ2v) is 20.3. The van der Waals surface area contributed by atoms with Gasteiger partial charge in [0.15, 0.2) is 7.38 Å². The molecule has 0 bridgehead atoms. The lowest BCUT2D eigenvalue weighted by Gasteiger charge is -2.42. The van der Waals surface area contributed by atoms with E-state index in [0.717, 1.165) is 11.5 Å². The standard InChI is InChI=1S/C18H37ClSi2/c1-4-8-17(2)21(12-6-5-7-13-21)16-11-18-9-14-20(3,19)15-10-18/h17-18H,4-16H2,1-3H3. The minimum atomic E-state index is -1.27. The molecule has 0 spiro atoms. The van der Waals surface area contributed by atoms with Gasteiger partial charge >= 0.3 is 0 Å². The van der Waals surface area contributed by atoms with Crippen molar-refractivity contribution in [2.45, 2.75) is 108 Å². The quantitative estimate of drug-likeness (QED) is 0.347. The molecule has 0 aromatic rings. The van der Waals surface area contributed by atoms with Crippen molar-refractivity contribution in [3.05, 3.63) is 0 Å². The molecule has 0 aliphatic carbocycles. The van der Waals surface area contributed by atoms with Crippen molar-refractivity contribution in [1.29, 1.82) is 0 Å². The van der Waals surface area contributed by atoms with Crippen LogP contribution >= 0.6 is 11.1 Å². The first-order chi connectivity index (χ1) is 9.97. The highest BCUT2D eigenvalue weighted by Gasteiger charge is 2.40. The van der Waals surface area contributed by atoms with Gasteiger partial charge in [-0.3, -0.25) is 0 Å². The molecule has 1 atom stereocenters. The Morgan fingerprint density at radius 1 is 1.05 bits per heavy atom. The fourth-order valence-corrected chi connectivity index (χ4v) is 14.0. The Bertz CT molecular complexity index is 300. The van der Waals surface area contributed by atoms with Crippen LogP contribution < -0.4 is 0 Å². The Morgan fingerprint density at radius 3 is 2.24 bits per heavy atom. The molecule has 2 heterocycles. The van der Waals surface area contributed by atoms with Crippen molar-refractivity contribution in [2.75, 3.05) is 0 Å². The molecule has 0 aromatic carbocycles. The minimum Gasteiger partial charge on any atom is -0.167 e. The van der Waals surface area contributed by atoms with Crippen LogP contribution in [0, 0.1) is 5.92 Å². The van der Waals surface area contributed by atoms with Gasteiger partial charge in [0.05, 0.1) is 8.07 Å². The molecule has 2 rings (SSSR count). The monoisotopic (exact) mass is 344 g/mol. The van der Waals surface area contributed by atoms with E-state index in [9.17, 15) is 0 Å². The van der Waals surface area contributed by atoms with E-state index in [2.05, 4.69) is 20.4 Å². The molecule has 0 nitrogen and oxygen atoms in total. The molecule has 0 amide bonds. The third-order valence-corrected chi connectivity index (χ3v) is 17.0. The van der Waals surface area contributed by atoms with Gasteiger partial charge in [-0.2, -0.15) is 11.1 Å². The van der Waals surface area contributed by atoms with Crippen LogP contribution in [0.5, 0.6) is 0 Å². The van der Waals surface area contributed by atoms with E-state index in [4.69, 9.17) is 11.1 Å². The molecule has 0 radical (unpaired) electrons. The molecular weight excluding hydrogens is 308 g/mol. The first-order valence-corrected chi connectivity index (χ1v) is 16.3. The average molecular weight is 345 g/mol. The van der Waals surface area contributed by atoms with E-state index >= 15 is 0 Å². The molecule has 2 fully saturated rings. The molecule has 124 valence electrons. The summed E-state index contributed by atoms with van der Waals surface area (Å²) in [4.78, 5) is 0. The lowest BCUT2D eigenvalue weighted by Crippen LogP contribution is -2.41. The fraction of sp³-hybridized carbons (Fsp3) is 1.00. The third kappa shape index (κ3) is 5.11. The number of hydrogen-bond acceptors (Lipinski definition) is 0. The zero-order chi connectivity index (χ0) is 15.3. The minimum absolute atomic E-state index is 0.948. The van der Waals surface area contributed by atoms with Gasteiger partial charge in [-0.25, -0.2) is 0 Å². The van der Waals surface area contributed by atoms with Crippen molar-refractivity contribution in [1.82, 2.24) is 0 Å². The maximum absolute atomic E-state index is 6.65. The van der Waals surface area contributed by atoms with Crippen LogP contribution in [-0.4, -0.2) is 15.5 Å². The summed E-state index contributed by atoms with van der Waals surface area (Å²) in [6.45, 7) is 7.38. The predicted molar refractivity (Wildman–Crippen MR) is 103 cm³/mol. The van der Waals surface area contributed by atoms with E-state index in [1.54, 1.807) is 37.4 Å². The highest BCUT2D eigenvalue weighted by molar-refractivity contribution is 7.19. The Labute approximate surface area is 140 Å². The molecule has 2 saturated heterocycles. The zero-order valence-corrected chi connectivity index (χ0v) is 17.5. The number of hydrogen-bond donors (Lipinski definition) is 0. The molecule has 0 N–H and O–H groups in total. The molecule has 21 heavy (non-hydrogen) atoms. The summed E-state index contributed by atoms with van der Waals surface area (Å²) in [6.07, 6.45) is 12.0. The SMILES string of the molecule is CCCC(C)[Si]1(CCC2CC[Si](C)(Cl)CC2)CCCCC1. The van der Waals surface area contributed by atoms with Crippen LogP contribution in [-0.2, 0) is 0 Å². The van der Waals surface area contributed by atoms with Crippen molar-refractivity contribution in [3.63, 3.8) is 0 Å². The largest absolute Gasteiger partial charge is 0.167 e. The highest BCUT2D eigenvalue weighted by Crippen LogP contribution is 2.45. The lowest BCUT2D eigenvalue weighted by molar-refractivity contribution is 0.449. The van der Waals surface area contributed by atoms with Crippen LogP contribution in [0.15, 0.2) is 0 Å². The fourth-order valence-electron chi connectivity index (χ4n) is 5.04. The topological polar surface area (TPSA) is 0 Å². The summed E-state index contributed by atoms with van der Waals surface area (Å²) in [5, 5.41) is 0. The molecule has 0 saturated carbocycles. The smallest absolute Gasteiger partial charge is 0.153 e. The molecular formula is C18H37ClSi2. The average Bonchev–Trinajstić information content (AvgIpc) is 2.47. The van der Waals surface area contributed by atoms with Crippen LogP contribution in [0.25, 0.3) is 0 Å². The van der Waals surface area contributed by atoms with Gasteiger partial charge < -0.3 is 0 Å². The van der Waals surface area contributed by atoms with Gasteiger partial charge in [0, 0.05) is 0 Å². The second kappa shape index (κ2) is 8.01. The Hall–Kier alpha value is 0.724. The molecule has 0 aromatic heterocycles. The van der Waals surface area contributed by atoms with E-state index < -0.39 is 15.5 Å². The summed E-state index contributed by atoms with van der Waals surface area (Å²) >= 11 is 6.65. The second-order valence-electron chi connectivity index (χ2n) is 8.51. The predicted octanol–water partition coefficient (Wildman–Crippen LogP) is 7.42. The van der Waals surface area contributed by atoms with Gasteiger partial charge in [0.25, 0.3) is 0 Å². The first-order valence-electron chi connectivity index (χ1n) is 9.66. The van der Waals surface area contributed by atoms with E-state index in [0.29, 0.717) is 0 Å². The molecule has 3 heteroatoms. The van der Waals surface area contributed by atoms with Crippen molar-refractivity contribution in [2.24, 2.45) is 5.92 Å². The van der Waals surface area contributed by atoms with Crippen LogP contribution in [0.2, 0.25) is 42.3 Å². The Balaban J connectivity index is 1.87. The molecule has 2 aliphatic heterocycles. The lowest BCUT2D eigenvalue weighted by atomic mass is 10.00. The van der Waals surface area contributed by atoms with Gasteiger partial charge in [0.2, 0.25) is 0 Å². The van der Waals surface area contributed by atoms with Gasteiger partial charge in [0.1, 0.15) is 0 Å². The third-order valence-electron chi connectivity index (χ3n) is 6.81. The maximum atomic E-state index is 6.65. The summed E-state index contributed by atoms with van der Waals surface area (Å²) in [5.74, 6) is 1.03. The normalized spacial score (nSPS) is 34.6. The summed E-state index contributed by atoms with van der Waals surface area (Å²) in [5.41, 5.74) is 1.08. The van der Waals surface area contributed by atoms with Crippen molar-refractivity contribution < 1.29 is 0 Å². The Kier molecular flexibility index (Phi) is 6.89. The molecule has 1 unspecified atom stereocenters. The van der Waals surface area contributed by atoms with Gasteiger partial charge in [-0.1, -0.05) is 89.9 Å². The number of halogens is 1. The highest BCUT2D eigenvalue weighted by atomic mass is 35.6. The van der Waals surface area contributed by atoms with Gasteiger partial charge in [-0.15, -0.1) is 0 Å². The van der Waals surface area contributed by atoms with E-state index in [1.807, 2.05) is 0 Å². The van der Waals surface area contributed by atoms with Crippen LogP contribution in [0.4, 0.5) is 0 Å². The van der Waals surface area contributed by atoms with Crippen molar-refractivity contribution >= 4 is 26.5 Å². The summed E-state index contributed by atoms with van der Waals surface area (Å²) in [6, 6.07) is 7.74. The van der Waals surface area contributed by atoms with Crippen LogP contribution in [0.1, 0.15) is 65.2 Å². The van der Waals surface area contributed by atoms with E-state index in [-0.39, 0.29) is 0 Å². The van der Waals surface area contributed by atoms with Gasteiger partial charge in [-0.05, 0) is 23.5 Å². The maximum Gasteiger partial charge on any atom is 0.153 e. The summed E-state index contributed by atoms with van der Waals surface area (Å²) < 4.78 is 0. The van der Waals surface area contributed by atoms with Crippen LogP contribution in [0.3, 0.4) is 0 Å². The first kappa shape index (κ1) is 18.1.